The van der Waals surface area contributed by atoms with Gasteiger partial charge in [0.25, 0.3) is 5.91 Å². The maximum atomic E-state index is 13.5. The predicted molar refractivity (Wildman–Crippen MR) is 139 cm³/mol. The molecule has 35 heavy (non-hydrogen) atoms. The Morgan fingerprint density at radius 2 is 1.97 bits per heavy atom. The Kier molecular flexibility index (Phi) is 7.25. The Morgan fingerprint density at radius 1 is 1.17 bits per heavy atom. The molecule has 2 aromatic carbocycles. The van der Waals surface area contributed by atoms with Crippen LogP contribution in [0.5, 0.6) is 11.5 Å². The van der Waals surface area contributed by atoms with Crippen molar-refractivity contribution in [2.75, 3.05) is 19.8 Å². The molecule has 0 bridgehead atoms. The van der Waals surface area contributed by atoms with Crippen molar-refractivity contribution in [1.82, 2.24) is 10.2 Å². The predicted octanol–water partition coefficient (Wildman–Crippen LogP) is 5.22. The van der Waals surface area contributed by atoms with Gasteiger partial charge in [-0.15, -0.1) is 11.8 Å². The number of carbonyl (C=O) groups excluding carboxylic acids is 2. The fourth-order valence-corrected chi connectivity index (χ4v) is 6.64. The zero-order valence-corrected chi connectivity index (χ0v) is 21.2. The summed E-state index contributed by atoms with van der Waals surface area (Å²) in [6, 6.07) is 13.0. The van der Waals surface area contributed by atoms with E-state index in [2.05, 4.69) is 5.32 Å². The van der Waals surface area contributed by atoms with Crippen molar-refractivity contribution in [1.29, 1.82) is 0 Å². The second-order valence-electron chi connectivity index (χ2n) is 9.20. The maximum absolute atomic E-state index is 13.5. The molecule has 3 unspecified atom stereocenters. The highest BCUT2D eigenvalue weighted by Crippen LogP contribution is 2.42. The Balaban J connectivity index is 1.31. The van der Waals surface area contributed by atoms with Gasteiger partial charge in [0, 0.05) is 16.3 Å². The van der Waals surface area contributed by atoms with E-state index in [1.165, 1.54) is 0 Å². The molecule has 1 aliphatic carbocycles. The SMILES string of the molecule is CC(NC(=O)CN1C(=O)/C(=C/c2cccc(Cl)c2)SC2CCCCC21)c1ccc2c(c1)OCCO2. The van der Waals surface area contributed by atoms with Crippen LogP contribution in [0.25, 0.3) is 6.08 Å². The van der Waals surface area contributed by atoms with Gasteiger partial charge in [-0.3, -0.25) is 9.59 Å². The Bertz CT molecular complexity index is 1150. The lowest BCUT2D eigenvalue weighted by Gasteiger charge is -2.44. The molecule has 1 saturated carbocycles. The highest BCUT2D eigenvalue weighted by Gasteiger charge is 2.41. The van der Waals surface area contributed by atoms with Gasteiger partial charge in [-0.1, -0.05) is 42.6 Å². The molecule has 2 heterocycles. The molecule has 3 aliphatic rings. The standard InChI is InChI=1S/C27H29ClN2O4S/c1-17(19-9-10-22-23(15-19)34-12-11-33-22)29-26(31)16-30-21-7-2-3-8-24(21)35-25(27(30)32)14-18-5-4-6-20(28)13-18/h4-6,9-10,13-15,17,21,24H,2-3,7-8,11-12,16H2,1H3,(H,29,31)/b25-14-. The van der Waals surface area contributed by atoms with Crippen molar-refractivity contribution in [3.8, 4) is 11.5 Å². The number of fused-ring (bicyclic) bond motifs is 2. The fourth-order valence-electron chi connectivity index (χ4n) is 4.96. The molecule has 184 valence electrons. The molecule has 8 heteroatoms. The number of rotatable bonds is 5. The van der Waals surface area contributed by atoms with E-state index in [-0.39, 0.29) is 30.4 Å². The molecule has 2 amide bonds. The summed E-state index contributed by atoms with van der Waals surface area (Å²) in [5.41, 5.74) is 1.82. The third-order valence-corrected chi connectivity index (χ3v) is 8.36. The minimum Gasteiger partial charge on any atom is -0.486 e. The summed E-state index contributed by atoms with van der Waals surface area (Å²) in [6.45, 7) is 3.03. The summed E-state index contributed by atoms with van der Waals surface area (Å²) in [5.74, 6) is 1.16. The summed E-state index contributed by atoms with van der Waals surface area (Å²) >= 11 is 7.79. The number of benzene rings is 2. The van der Waals surface area contributed by atoms with Gasteiger partial charge in [0.15, 0.2) is 11.5 Å². The van der Waals surface area contributed by atoms with Crippen LogP contribution in [0.4, 0.5) is 0 Å². The minimum absolute atomic E-state index is 0.0440. The first-order valence-corrected chi connectivity index (χ1v) is 13.4. The van der Waals surface area contributed by atoms with Gasteiger partial charge < -0.3 is 19.7 Å². The van der Waals surface area contributed by atoms with Crippen LogP contribution in [0.15, 0.2) is 47.4 Å². The van der Waals surface area contributed by atoms with Gasteiger partial charge in [-0.25, -0.2) is 0 Å². The molecule has 6 nitrogen and oxygen atoms in total. The van der Waals surface area contributed by atoms with Crippen molar-refractivity contribution in [2.45, 2.75) is 49.9 Å². The number of nitrogens with zero attached hydrogens (tertiary/aromatic N) is 1. The number of nitrogens with one attached hydrogen (secondary N) is 1. The van der Waals surface area contributed by atoms with Crippen LogP contribution in [-0.2, 0) is 9.59 Å². The first-order chi connectivity index (χ1) is 17.0. The molecule has 1 saturated heterocycles. The third kappa shape index (κ3) is 5.46. The third-order valence-electron chi connectivity index (χ3n) is 6.72. The van der Waals surface area contributed by atoms with Crippen molar-refractivity contribution < 1.29 is 19.1 Å². The van der Waals surface area contributed by atoms with Crippen LogP contribution < -0.4 is 14.8 Å². The average molecular weight is 513 g/mol. The van der Waals surface area contributed by atoms with Gasteiger partial charge in [0.1, 0.15) is 19.8 Å². The van der Waals surface area contributed by atoms with E-state index in [4.69, 9.17) is 21.1 Å². The summed E-state index contributed by atoms with van der Waals surface area (Å²) < 4.78 is 11.3. The van der Waals surface area contributed by atoms with Gasteiger partial charge in [0.2, 0.25) is 5.91 Å². The minimum atomic E-state index is -0.226. The summed E-state index contributed by atoms with van der Waals surface area (Å²) in [5, 5.41) is 4.00. The topological polar surface area (TPSA) is 67.9 Å². The van der Waals surface area contributed by atoms with E-state index in [1.54, 1.807) is 16.7 Å². The molecule has 0 radical (unpaired) electrons. The largest absolute Gasteiger partial charge is 0.486 e. The zero-order chi connectivity index (χ0) is 24.4. The van der Waals surface area contributed by atoms with E-state index in [0.29, 0.717) is 34.1 Å². The number of amides is 2. The lowest BCUT2D eigenvalue weighted by Crippen LogP contribution is -2.54. The van der Waals surface area contributed by atoms with E-state index < -0.39 is 0 Å². The molecule has 5 rings (SSSR count). The van der Waals surface area contributed by atoms with Crippen LogP contribution in [0, 0.1) is 0 Å². The van der Waals surface area contributed by atoms with E-state index in [1.807, 2.05) is 55.5 Å². The second-order valence-corrected chi connectivity index (χ2v) is 10.9. The van der Waals surface area contributed by atoms with E-state index in [9.17, 15) is 9.59 Å². The highest BCUT2D eigenvalue weighted by molar-refractivity contribution is 8.04. The number of carbonyl (C=O) groups is 2. The van der Waals surface area contributed by atoms with Crippen molar-refractivity contribution in [3.63, 3.8) is 0 Å². The zero-order valence-electron chi connectivity index (χ0n) is 19.7. The molecule has 2 aliphatic heterocycles. The van der Waals surface area contributed by atoms with Crippen molar-refractivity contribution >= 4 is 41.3 Å². The Labute approximate surface area is 215 Å². The lowest BCUT2D eigenvalue weighted by atomic mass is 9.93. The van der Waals surface area contributed by atoms with Gasteiger partial charge in [-0.2, -0.15) is 0 Å². The number of hydrogen-bond donors (Lipinski definition) is 1. The maximum Gasteiger partial charge on any atom is 0.261 e. The summed E-state index contributed by atoms with van der Waals surface area (Å²) in [7, 11) is 0. The molecule has 2 aromatic rings. The molecule has 1 N–H and O–H groups in total. The first-order valence-electron chi connectivity index (χ1n) is 12.1. The molecule has 3 atom stereocenters. The average Bonchev–Trinajstić information content (AvgIpc) is 2.86. The van der Waals surface area contributed by atoms with Crippen LogP contribution in [0.1, 0.15) is 49.8 Å². The number of thioether (sulfide) groups is 1. The normalized spacial score (nSPS) is 23.5. The number of hydrogen-bond acceptors (Lipinski definition) is 5. The quantitative estimate of drug-likeness (QED) is 0.556. The second kappa shape index (κ2) is 10.5. The van der Waals surface area contributed by atoms with Crippen LogP contribution in [-0.4, -0.2) is 47.8 Å². The van der Waals surface area contributed by atoms with Crippen LogP contribution in [0.3, 0.4) is 0 Å². The van der Waals surface area contributed by atoms with Gasteiger partial charge in [0.05, 0.1) is 10.9 Å². The van der Waals surface area contributed by atoms with Crippen LogP contribution >= 0.6 is 23.4 Å². The van der Waals surface area contributed by atoms with E-state index >= 15 is 0 Å². The Morgan fingerprint density at radius 3 is 2.80 bits per heavy atom. The number of halogens is 1. The molecule has 2 fully saturated rings. The smallest absolute Gasteiger partial charge is 0.261 e. The van der Waals surface area contributed by atoms with Crippen molar-refractivity contribution in [3.05, 3.63) is 63.5 Å². The van der Waals surface area contributed by atoms with Gasteiger partial charge in [-0.05, 0) is 61.2 Å². The number of ether oxygens (including phenoxy) is 2. The molecular formula is C27H29ClN2O4S. The first kappa shape index (κ1) is 24.1. The monoisotopic (exact) mass is 512 g/mol. The summed E-state index contributed by atoms with van der Waals surface area (Å²) in [6.07, 6.45) is 6.09. The molecule has 0 aromatic heterocycles. The molecule has 0 spiro atoms. The van der Waals surface area contributed by atoms with Crippen LogP contribution in [0.2, 0.25) is 5.02 Å². The van der Waals surface area contributed by atoms with Crippen molar-refractivity contribution in [2.24, 2.45) is 0 Å². The fraction of sp³-hybridized carbons (Fsp3) is 0.407. The Hall–Kier alpha value is -2.64. The van der Waals surface area contributed by atoms with Gasteiger partial charge >= 0.3 is 0 Å². The van der Waals surface area contributed by atoms with E-state index in [0.717, 1.165) is 42.6 Å². The highest BCUT2D eigenvalue weighted by atomic mass is 35.5. The lowest BCUT2D eigenvalue weighted by molar-refractivity contribution is -0.135. The molecular weight excluding hydrogens is 484 g/mol. The summed E-state index contributed by atoms with van der Waals surface area (Å²) in [4.78, 5) is 29.1.